The summed E-state index contributed by atoms with van der Waals surface area (Å²) in [7, 11) is 1.96. The van der Waals surface area contributed by atoms with Gasteiger partial charge in [0, 0.05) is 24.5 Å². The second-order valence-corrected chi connectivity index (χ2v) is 4.43. The van der Waals surface area contributed by atoms with Gasteiger partial charge in [0.25, 0.3) is 0 Å². The molecule has 0 aromatic carbocycles. The molecular formula is C10H17ClN2. The maximum Gasteiger partial charge on any atom is 0.0596 e. The molecule has 1 aromatic heterocycles. The molecule has 0 saturated heterocycles. The van der Waals surface area contributed by atoms with Gasteiger partial charge in [0.2, 0.25) is 0 Å². The third-order valence-electron chi connectivity index (χ3n) is 2.23. The van der Waals surface area contributed by atoms with Crippen LogP contribution in [0.4, 0.5) is 0 Å². The van der Waals surface area contributed by atoms with E-state index >= 15 is 0 Å². The number of halogens is 1. The Morgan fingerprint density at radius 3 is 2.54 bits per heavy atom. The molecule has 0 aliphatic heterocycles. The summed E-state index contributed by atoms with van der Waals surface area (Å²) in [6, 6.07) is 2.09. The summed E-state index contributed by atoms with van der Waals surface area (Å²) in [5, 5.41) is 4.48. The van der Waals surface area contributed by atoms with Gasteiger partial charge in [0.05, 0.1) is 5.69 Å². The lowest BCUT2D eigenvalue weighted by atomic mass is 10.1. The van der Waals surface area contributed by atoms with Crippen LogP contribution in [0.25, 0.3) is 0 Å². The average molecular weight is 201 g/mol. The smallest absolute Gasteiger partial charge is 0.0596 e. The van der Waals surface area contributed by atoms with Crippen LogP contribution in [0, 0.1) is 12.8 Å². The Balaban J connectivity index is 2.68. The SMILES string of the molecule is Cc1cc(CC(Cl)C(C)C)n(C)n1. The molecule has 0 bridgehead atoms. The van der Waals surface area contributed by atoms with Crippen LogP contribution in [0.15, 0.2) is 6.07 Å². The minimum Gasteiger partial charge on any atom is -0.272 e. The number of hydrogen-bond acceptors (Lipinski definition) is 1. The van der Waals surface area contributed by atoms with Gasteiger partial charge in [-0.05, 0) is 18.9 Å². The molecule has 3 heteroatoms. The van der Waals surface area contributed by atoms with Gasteiger partial charge in [-0.3, -0.25) is 4.68 Å². The van der Waals surface area contributed by atoms with Gasteiger partial charge in [-0.1, -0.05) is 13.8 Å². The summed E-state index contributed by atoms with van der Waals surface area (Å²) < 4.78 is 1.91. The Bertz CT molecular complexity index is 278. The van der Waals surface area contributed by atoms with Gasteiger partial charge >= 0.3 is 0 Å². The zero-order valence-electron chi connectivity index (χ0n) is 8.71. The van der Waals surface area contributed by atoms with E-state index in [9.17, 15) is 0 Å². The van der Waals surface area contributed by atoms with Crippen molar-refractivity contribution in [3.05, 3.63) is 17.5 Å². The second kappa shape index (κ2) is 4.14. The zero-order chi connectivity index (χ0) is 10.0. The van der Waals surface area contributed by atoms with Crippen LogP contribution in [0.2, 0.25) is 0 Å². The number of aromatic nitrogens is 2. The van der Waals surface area contributed by atoms with Gasteiger partial charge in [-0.2, -0.15) is 5.10 Å². The van der Waals surface area contributed by atoms with Crippen LogP contribution in [0.1, 0.15) is 25.2 Å². The monoisotopic (exact) mass is 200 g/mol. The number of hydrogen-bond donors (Lipinski definition) is 0. The van der Waals surface area contributed by atoms with E-state index in [0.717, 1.165) is 12.1 Å². The lowest BCUT2D eigenvalue weighted by Crippen LogP contribution is -2.13. The predicted molar refractivity (Wildman–Crippen MR) is 56.1 cm³/mol. The fraction of sp³-hybridized carbons (Fsp3) is 0.700. The van der Waals surface area contributed by atoms with E-state index in [1.165, 1.54) is 5.69 Å². The molecule has 1 heterocycles. The molecule has 1 atom stereocenters. The molecule has 0 radical (unpaired) electrons. The van der Waals surface area contributed by atoms with Crippen molar-refractivity contribution in [2.45, 2.75) is 32.6 Å². The maximum atomic E-state index is 6.19. The average Bonchev–Trinajstić information content (AvgIpc) is 2.30. The Hall–Kier alpha value is -0.500. The molecule has 13 heavy (non-hydrogen) atoms. The van der Waals surface area contributed by atoms with Crippen LogP contribution in [-0.4, -0.2) is 15.2 Å². The summed E-state index contributed by atoms with van der Waals surface area (Å²) in [4.78, 5) is 0. The van der Waals surface area contributed by atoms with Crippen LogP contribution in [0.3, 0.4) is 0 Å². The standard InChI is InChI=1S/C10H17ClN2/c1-7(2)10(11)6-9-5-8(3)12-13(9)4/h5,7,10H,6H2,1-4H3. The predicted octanol–water partition coefficient (Wildman–Crippen LogP) is 2.53. The maximum absolute atomic E-state index is 6.19. The second-order valence-electron chi connectivity index (χ2n) is 3.86. The van der Waals surface area contributed by atoms with E-state index < -0.39 is 0 Å². The number of alkyl halides is 1. The van der Waals surface area contributed by atoms with Crippen LogP contribution < -0.4 is 0 Å². The summed E-state index contributed by atoms with van der Waals surface area (Å²) in [6.07, 6.45) is 0.899. The van der Waals surface area contributed by atoms with Crippen molar-refractivity contribution < 1.29 is 0 Å². The molecule has 0 amide bonds. The summed E-state index contributed by atoms with van der Waals surface area (Å²) in [5.74, 6) is 0.511. The summed E-state index contributed by atoms with van der Waals surface area (Å²) in [5.41, 5.74) is 2.27. The summed E-state index contributed by atoms with van der Waals surface area (Å²) >= 11 is 6.19. The van der Waals surface area contributed by atoms with Gasteiger partial charge in [-0.15, -0.1) is 11.6 Å². The lowest BCUT2D eigenvalue weighted by Gasteiger charge is -2.12. The van der Waals surface area contributed by atoms with E-state index in [4.69, 9.17) is 11.6 Å². The third kappa shape index (κ3) is 2.73. The molecule has 1 unspecified atom stereocenters. The molecule has 0 saturated carbocycles. The first-order valence-corrected chi connectivity index (χ1v) is 5.08. The number of nitrogens with zero attached hydrogens (tertiary/aromatic N) is 2. The topological polar surface area (TPSA) is 17.8 Å². The fourth-order valence-electron chi connectivity index (χ4n) is 1.29. The molecule has 0 N–H and O–H groups in total. The van der Waals surface area contributed by atoms with Crippen molar-refractivity contribution in [2.75, 3.05) is 0 Å². The van der Waals surface area contributed by atoms with Gasteiger partial charge in [0.1, 0.15) is 0 Å². The van der Waals surface area contributed by atoms with E-state index in [1.54, 1.807) is 0 Å². The number of aryl methyl sites for hydroxylation is 2. The van der Waals surface area contributed by atoms with Crippen LogP contribution in [-0.2, 0) is 13.5 Å². The molecule has 2 nitrogen and oxygen atoms in total. The van der Waals surface area contributed by atoms with Crippen molar-refractivity contribution in [3.8, 4) is 0 Å². The van der Waals surface area contributed by atoms with Gasteiger partial charge in [0.15, 0.2) is 0 Å². The van der Waals surface area contributed by atoms with E-state index in [-0.39, 0.29) is 5.38 Å². The minimum atomic E-state index is 0.204. The van der Waals surface area contributed by atoms with Crippen molar-refractivity contribution in [1.29, 1.82) is 0 Å². The lowest BCUT2D eigenvalue weighted by molar-refractivity contribution is 0.573. The Kier molecular flexibility index (Phi) is 3.37. The molecule has 1 rings (SSSR count). The quantitative estimate of drug-likeness (QED) is 0.686. The highest BCUT2D eigenvalue weighted by Crippen LogP contribution is 2.16. The number of rotatable bonds is 3. The molecule has 0 aliphatic carbocycles. The van der Waals surface area contributed by atoms with Gasteiger partial charge < -0.3 is 0 Å². The Morgan fingerprint density at radius 1 is 1.54 bits per heavy atom. The molecule has 0 fully saturated rings. The summed E-state index contributed by atoms with van der Waals surface area (Å²) in [6.45, 7) is 6.28. The van der Waals surface area contributed by atoms with E-state index in [0.29, 0.717) is 5.92 Å². The first kappa shape index (κ1) is 10.6. The van der Waals surface area contributed by atoms with E-state index in [2.05, 4.69) is 25.0 Å². The van der Waals surface area contributed by atoms with Crippen molar-refractivity contribution >= 4 is 11.6 Å². The fourth-order valence-corrected chi connectivity index (χ4v) is 1.45. The molecule has 0 spiro atoms. The van der Waals surface area contributed by atoms with E-state index in [1.807, 2.05) is 18.7 Å². The molecular weight excluding hydrogens is 184 g/mol. The highest BCUT2D eigenvalue weighted by atomic mass is 35.5. The highest BCUT2D eigenvalue weighted by Gasteiger charge is 2.12. The zero-order valence-corrected chi connectivity index (χ0v) is 9.47. The Labute approximate surface area is 84.9 Å². The molecule has 74 valence electrons. The normalized spacial score (nSPS) is 13.7. The molecule has 1 aromatic rings. The minimum absolute atomic E-state index is 0.204. The van der Waals surface area contributed by atoms with Crippen molar-refractivity contribution in [2.24, 2.45) is 13.0 Å². The van der Waals surface area contributed by atoms with Crippen molar-refractivity contribution in [1.82, 2.24) is 9.78 Å². The highest BCUT2D eigenvalue weighted by molar-refractivity contribution is 6.20. The third-order valence-corrected chi connectivity index (χ3v) is 2.88. The Morgan fingerprint density at radius 2 is 2.15 bits per heavy atom. The first-order valence-electron chi connectivity index (χ1n) is 4.64. The van der Waals surface area contributed by atoms with Gasteiger partial charge in [-0.25, -0.2) is 0 Å². The largest absolute Gasteiger partial charge is 0.272 e. The van der Waals surface area contributed by atoms with Crippen LogP contribution in [0.5, 0.6) is 0 Å². The van der Waals surface area contributed by atoms with Crippen LogP contribution >= 0.6 is 11.6 Å². The molecule has 0 aliphatic rings. The van der Waals surface area contributed by atoms with Crippen molar-refractivity contribution in [3.63, 3.8) is 0 Å². The first-order chi connectivity index (χ1) is 6.00.